The van der Waals surface area contributed by atoms with Crippen LogP contribution in [0.1, 0.15) is 34.1 Å². The Balaban J connectivity index is 2.66. The summed E-state index contributed by atoms with van der Waals surface area (Å²) in [5.41, 5.74) is 5.18. The standard InChI is InChI=1S/C12H23N3O/c1-10(7-12(4,14)8-13)15-5-6-16-9-11(15,2)3/h10H,5-7,9,14H2,1-4H3. The van der Waals surface area contributed by atoms with Gasteiger partial charge in [0, 0.05) is 18.1 Å². The minimum Gasteiger partial charge on any atom is -0.378 e. The number of hydrogen-bond donors (Lipinski definition) is 1. The minimum absolute atomic E-state index is 0.0310. The highest BCUT2D eigenvalue weighted by molar-refractivity contribution is 5.04. The van der Waals surface area contributed by atoms with Gasteiger partial charge < -0.3 is 10.5 Å². The summed E-state index contributed by atoms with van der Waals surface area (Å²) in [6.07, 6.45) is 0.687. The van der Waals surface area contributed by atoms with Crippen LogP contribution in [0.5, 0.6) is 0 Å². The van der Waals surface area contributed by atoms with E-state index in [4.69, 9.17) is 15.7 Å². The average molecular weight is 225 g/mol. The van der Waals surface area contributed by atoms with Crippen molar-refractivity contribution in [3.8, 4) is 6.07 Å². The first-order chi connectivity index (χ1) is 7.28. The summed E-state index contributed by atoms with van der Waals surface area (Å²) >= 11 is 0. The minimum atomic E-state index is -0.742. The van der Waals surface area contributed by atoms with E-state index < -0.39 is 5.54 Å². The fourth-order valence-electron chi connectivity index (χ4n) is 2.46. The van der Waals surface area contributed by atoms with E-state index >= 15 is 0 Å². The van der Waals surface area contributed by atoms with Crippen LogP contribution < -0.4 is 5.73 Å². The molecular weight excluding hydrogens is 202 g/mol. The zero-order valence-corrected chi connectivity index (χ0v) is 10.8. The summed E-state index contributed by atoms with van der Waals surface area (Å²) in [4.78, 5) is 2.39. The molecule has 2 unspecified atom stereocenters. The zero-order chi connectivity index (χ0) is 12.4. The van der Waals surface area contributed by atoms with Crippen LogP contribution in [0.15, 0.2) is 0 Å². The Morgan fingerprint density at radius 2 is 2.25 bits per heavy atom. The molecule has 0 aromatic heterocycles. The van der Waals surface area contributed by atoms with Crippen LogP contribution in [0.4, 0.5) is 0 Å². The lowest BCUT2D eigenvalue weighted by molar-refractivity contribution is -0.0716. The quantitative estimate of drug-likeness (QED) is 0.781. The zero-order valence-electron chi connectivity index (χ0n) is 10.8. The van der Waals surface area contributed by atoms with Crippen LogP contribution in [0.25, 0.3) is 0 Å². The molecule has 16 heavy (non-hydrogen) atoms. The largest absolute Gasteiger partial charge is 0.378 e. The topological polar surface area (TPSA) is 62.3 Å². The average Bonchev–Trinajstić information content (AvgIpc) is 2.16. The van der Waals surface area contributed by atoms with Crippen LogP contribution in [-0.2, 0) is 4.74 Å². The van der Waals surface area contributed by atoms with Crippen LogP contribution in [-0.4, -0.2) is 41.8 Å². The molecule has 4 nitrogen and oxygen atoms in total. The van der Waals surface area contributed by atoms with Gasteiger partial charge in [0.05, 0.1) is 19.3 Å². The molecule has 0 aromatic carbocycles. The Hall–Kier alpha value is -0.630. The molecule has 0 amide bonds. The molecule has 92 valence electrons. The molecule has 2 atom stereocenters. The smallest absolute Gasteiger partial charge is 0.102 e. The Kier molecular flexibility index (Phi) is 3.95. The normalized spacial score (nSPS) is 26.8. The van der Waals surface area contributed by atoms with E-state index in [1.165, 1.54) is 0 Å². The molecular formula is C12H23N3O. The van der Waals surface area contributed by atoms with Crippen molar-refractivity contribution in [3.05, 3.63) is 0 Å². The van der Waals surface area contributed by atoms with E-state index in [0.29, 0.717) is 12.5 Å². The first kappa shape index (κ1) is 13.4. The second kappa shape index (κ2) is 4.70. The third kappa shape index (κ3) is 3.18. The maximum atomic E-state index is 8.95. The van der Waals surface area contributed by atoms with E-state index in [2.05, 4.69) is 31.7 Å². The van der Waals surface area contributed by atoms with Crippen LogP contribution in [0.2, 0.25) is 0 Å². The van der Waals surface area contributed by atoms with Crippen molar-refractivity contribution in [3.63, 3.8) is 0 Å². The first-order valence-electron chi connectivity index (χ1n) is 5.83. The third-order valence-corrected chi connectivity index (χ3v) is 3.22. The lowest BCUT2D eigenvalue weighted by Crippen LogP contribution is -2.58. The van der Waals surface area contributed by atoms with Gasteiger partial charge in [-0.1, -0.05) is 0 Å². The van der Waals surface area contributed by atoms with E-state index in [-0.39, 0.29) is 5.54 Å². The predicted molar refractivity (Wildman–Crippen MR) is 63.9 cm³/mol. The molecule has 2 N–H and O–H groups in total. The second-order valence-corrected chi connectivity index (χ2v) is 5.64. The Morgan fingerprint density at radius 1 is 1.62 bits per heavy atom. The number of nitriles is 1. The Morgan fingerprint density at radius 3 is 2.75 bits per heavy atom. The molecule has 0 aromatic rings. The molecule has 1 aliphatic rings. The van der Waals surface area contributed by atoms with Gasteiger partial charge in [0.2, 0.25) is 0 Å². The van der Waals surface area contributed by atoms with Gasteiger partial charge in [-0.25, -0.2) is 0 Å². The third-order valence-electron chi connectivity index (χ3n) is 3.22. The van der Waals surface area contributed by atoms with Crippen molar-refractivity contribution in [2.24, 2.45) is 5.73 Å². The maximum absolute atomic E-state index is 8.95. The van der Waals surface area contributed by atoms with Gasteiger partial charge >= 0.3 is 0 Å². The van der Waals surface area contributed by atoms with Crippen molar-refractivity contribution in [2.45, 2.75) is 51.2 Å². The van der Waals surface area contributed by atoms with Gasteiger partial charge in [-0.15, -0.1) is 0 Å². The summed E-state index contributed by atoms with van der Waals surface area (Å²) in [6, 6.07) is 2.46. The second-order valence-electron chi connectivity index (χ2n) is 5.64. The summed E-state index contributed by atoms with van der Waals surface area (Å²) in [5, 5.41) is 8.95. The SMILES string of the molecule is CC(CC(C)(N)C#N)N1CCOCC1(C)C. The van der Waals surface area contributed by atoms with Crippen LogP contribution in [0, 0.1) is 11.3 Å². The van der Waals surface area contributed by atoms with E-state index in [9.17, 15) is 0 Å². The van der Waals surface area contributed by atoms with E-state index in [1.54, 1.807) is 6.92 Å². The van der Waals surface area contributed by atoms with Crippen molar-refractivity contribution in [1.82, 2.24) is 4.90 Å². The number of nitrogens with two attached hydrogens (primary N) is 1. The highest BCUT2D eigenvalue weighted by atomic mass is 16.5. The highest BCUT2D eigenvalue weighted by Crippen LogP contribution is 2.25. The monoisotopic (exact) mass is 225 g/mol. The molecule has 1 fully saturated rings. The molecule has 1 aliphatic heterocycles. The summed E-state index contributed by atoms with van der Waals surface area (Å²) < 4.78 is 5.48. The highest BCUT2D eigenvalue weighted by Gasteiger charge is 2.35. The molecule has 4 heteroatoms. The van der Waals surface area contributed by atoms with Gasteiger partial charge in [-0.2, -0.15) is 5.26 Å². The number of nitrogens with zero attached hydrogens (tertiary/aromatic N) is 2. The van der Waals surface area contributed by atoms with Crippen molar-refractivity contribution < 1.29 is 4.74 Å². The lowest BCUT2D eigenvalue weighted by atomic mass is 9.92. The van der Waals surface area contributed by atoms with Gasteiger partial charge in [0.1, 0.15) is 5.54 Å². The molecule has 0 saturated carbocycles. The molecule has 0 spiro atoms. The fourth-order valence-corrected chi connectivity index (χ4v) is 2.46. The van der Waals surface area contributed by atoms with Gasteiger partial charge in [0.25, 0.3) is 0 Å². The fraction of sp³-hybridized carbons (Fsp3) is 0.917. The summed E-state index contributed by atoms with van der Waals surface area (Å²) in [6.45, 7) is 10.7. The molecule has 0 bridgehead atoms. The Bertz CT molecular complexity index is 280. The number of morpholine rings is 1. The number of hydrogen-bond acceptors (Lipinski definition) is 4. The van der Waals surface area contributed by atoms with E-state index in [1.807, 2.05) is 0 Å². The molecule has 1 heterocycles. The maximum Gasteiger partial charge on any atom is 0.102 e. The summed E-state index contributed by atoms with van der Waals surface area (Å²) in [5.74, 6) is 0. The van der Waals surface area contributed by atoms with E-state index in [0.717, 1.165) is 19.8 Å². The van der Waals surface area contributed by atoms with Crippen molar-refractivity contribution >= 4 is 0 Å². The lowest BCUT2D eigenvalue weighted by Gasteiger charge is -2.46. The van der Waals surface area contributed by atoms with Crippen molar-refractivity contribution in [1.29, 1.82) is 5.26 Å². The Labute approximate surface area is 98.4 Å². The molecule has 0 aliphatic carbocycles. The predicted octanol–water partition coefficient (Wildman–Crippen LogP) is 1.12. The van der Waals surface area contributed by atoms with Gasteiger partial charge in [-0.3, -0.25) is 4.90 Å². The van der Waals surface area contributed by atoms with Crippen molar-refractivity contribution in [2.75, 3.05) is 19.8 Å². The van der Waals surface area contributed by atoms with Gasteiger partial charge in [-0.05, 0) is 34.1 Å². The van der Waals surface area contributed by atoms with Crippen LogP contribution >= 0.6 is 0 Å². The van der Waals surface area contributed by atoms with Gasteiger partial charge in [0.15, 0.2) is 0 Å². The first-order valence-corrected chi connectivity index (χ1v) is 5.83. The number of rotatable bonds is 3. The molecule has 1 saturated heterocycles. The number of ether oxygens (including phenoxy) is 1. The van der Waals surface area contributed by atoms with Crippen LogP contribution in [0.3, 0.4) is 0 Å². The molecule has 0 radical (unpaired) electrons. The summed E-state index contributed by atoms with van der Waals surface area (Å²) in [7, 11) is 0. The molecule has 1 rings (SSSR count).